The standard InChI is InChI=1S/C14H12ClNO2/c1-10-2-7-13(18-10)8-9-14(17)16-12-5-3-11(15)4-6-12/h2-9H,1H3,(H,16,17). The summed E-state index contributed by atoms with van der Waals surface area (Å²) in [5, 5.41) is 3.35. The van der Waals surface area contributed by atoms with Crippen molar-refractivity contribution in [3.63, 3.8) is 0 Å². The largest absolute Gasteiger partial charge is 0.462 e. The van der Waals surface area contributed by atoms with Crippen molar-refractivity contribution in [1.82, 2.24) is 0 Å². The number of carbonyl (C=O) groups is 1. The van der Waals surface area contributed by atoms with E-state index in [0.29, 0.717) is 16.5 Å². The van der Waals surface area contributed by atoms with E-state index in [9.17, 15) is 4.79 Å². The Hall–Kier alpha value is -2.00. The topological polar surface area (TPSA) is 42.2 Å². The van der Waals surface area contributed by atoms with Crippen LogP contribution in [0.1, 0.15) is 11.5 Å². The Morgan fingerprint density at radius 1 is 1.22 bits per heavy atom. The highest BCUT2D eigenvalue weighted by Gasteiger charge is 1.99. The lowest BCUT2D eigenvalue weighted by molar-refractivity contribution is -0.111. The minimum Gasteiger partial charge on any atom is -0.462 e. The van der Waals surface area contributed by atoms with Crippen molar-refractivity contribution in [1.29, 1.82) is 0 Å². The van der Waals surface area contributed by atoms with Gasteiger partial charge in [-0.2, -0.15) is 0 Å². The molecule has 0 aliphatic rings. The number of furan rings is 1. The fourth-order valence-corrected chi connectivity index (χ4v) is 1.54. The fourth-order valence-electron chi connectivity index (χ4n) is 1.42. The Morgan fingerprint density at radius 2 is 1.94 bits per heavy atom. The Labute approximate surface area is 110 Å². The van der Waals surface area contributed by atoms with Gasteiger partial charge in [0.05, 0.1) is 0 Å². The number of aryl methyl sites for hydroxylation is 1. The third-order valence-corrected chi connectivity index (χ3v) is 2.52. The molecule has 92 valence electrons. The van der Waals surface area contributed by atoms with Crippen LogP contribution in [0.4, 0.5) is 5.69 Å². The lowest BCUT2D eigenvalue weighted by Gasteiger charge is -2.01. The number of nitrogens with one attached hydrogen (secondary N) is 1. The van der Waals surface area contributed by atoms with Gasteiger partial charge in [0.25, 0.3) is 0 Å². The van der Waals surface area contributed by atoms with Gasteiger partial charge in [0, 0.05) is 16.8 Å². The first-order chi connectivity index (χ1) is 8.63. The molecule has 1 aromatic carbocycles. The maximum absolute atomic E-state index is 11.6. The molecule has 0 saturated heterocycles. The molecule has 0 unspecified atom stereocenters. The van der Waals surface area contributed by atoms with Crippen LogP contribution in [0.15, 0.2) is 46.9 Å². The van der Waals surface area contributed by atoms with Crippen molar-refractivity contribution in [3.8, 4) is 0 Å². The van der Waals surface area contributed by atoms with E-state index in [1.807, 2.05) is 13.0 Å². The van der Waals surface area contributed by atoms with Crippen molar-refractivity contribution in [3.05, 3.63) is 59.0 Å². The molecule has 0 spiro atoms. The Kier molecular flexibility index (Phi) is 3.85. The van der Waals surface area contributed by atoms with E-state index in [4.69, 9.17) is 16.0 Å². The monoisotopic (exact) mass is 261 g/mol. The SMILES string of the molecule is Cc1ccc(C=CC(=O)Nc2ccc(Cl)cc2)o1. The van der Waals surface area contributed by atoms with E-state index >= 15 is 0 Å². The van der Waals surface area contributed by atoms with Crippen molar-refractivity contribution in [2.75, 3.05) is 5.32 Å². The van der Waals surface area contributed by atoms with Crippen molar-refractivity contribution in [2.45, 2.75) is 6.92 Å². The summed E-state index contributed by atoms with van der Waals surface area (Å²) in [6, 6.07) is 10.6. The number of rotatable bonds is 3. The molecule has 1 amide bonds. The second-order valence-electron chi connectivity index (χ2n) is 3.78. The van der Waals surface area contributed by atoms with Crippen molar-refractivity contribution >= 4 is 29.3 Å². The molecule has 0 aliphatic heterocycles. The zero-order valence-corrected chi connectivity index (χ0v) is 10.6. The summed E-state index contributed by atoms with van der Waals surface area (Å²) in [5.41, 5.74) is 0.699. The van der Waals surface area contributed by atoms with Gasteiger partial charge in [-0.25, -0.2) is 0 Å². The van der Waals surface area contributed by atoms with Gasteiger partial charge >= 0.3 is 0 Å². The second kappa shape index (κ2) is 5.56. The van der Waals surface area contributed by atoms with Gasteiger partial charge in [-0.3, -0.25) is 4.79 Å². The van der Waals surface area contributed by atoms with Gasteiger partial charge in [-0.05, 0) is 49.4 Å². The summed E-state index contributed by atoms with van der Waals surface area (Å²) in [7, 11) is 0. The van der Waals surface area contributed by atoms with Gasteiger partial charge in [0.15, 0.2) is 0 Å². The molecule has 0 radical (unpaired) electrons. The van der Waals surface area contributed by atoms with Crippen LogP contribution >= 0.6 is 11.6 Å². The van der Waals surface area contributed by atoms with Crippen LogP contribution in [-0.4, -0.2) is 5.91 Å². The minimum absolute atomic E-state index is 0.216. The predicted octanol–water partition coefficient (Wildman–Crippen LogP) is 3.89. The number of hydrogen-bond acceptors (Lipinski definition) is 2. The normalized spacial score (nSPS) is 10.8. The Morgan fingerprint density at radius 3 is 2.56 bits per heavy atom. The number of hydrogen-bond donors (Lipinski definition) is 1. The summed E-state index contributed by atoms with van der Waals surface area (Å²) in [4.78, 5) is 11.6. The van der Waals surface area contributed by atoms with Crippen molar-refractivity contribution < 1.29 is 9.21 Å². The molecule has 0 atom stereocenters. The van der Waals surface area contributed by atoms with E-state index in [2.05, 4.69) is 5.32 Å². The second-order valence-corrected chi connectivity index (χ2v) is 4.21. The minimum atomic E-state index is -0.216. The fraction of sp³-hybridized carbons (Fsp3) is 0.0714. The highest BCUT2D eigenvalue weighted by molar-refractivity contribution is 6.30. The number of halogens is 1. The molecule has 0 saturated carbocycles. The quantitative estimate of drug-likeness (QED) is 0.852. The zero-order chi connectivity index (χ0) is 13.0. The maximum Gasteiger partial charge on any atom is 0.248 e. The highest BCUT2D eigenvalue weighted by atomic mass is 35.5. The maximum atomic E-state index is 11.6. The first-order valence-corrected chi connectivity index (χ1v) is 5.82. The third kappa shape index (κ3) is 3.50. The molecule has 1 N–H and O–H groups in total. The number of carbonyl (C=O) groups excluding carboxylic acids is 1. The zero-order valence-electron chi connectivity index (χ0n) is 9.81. The van der Waals surface area contributed by atoms with E-state index in [-0.39, 0.29) is 5.91 Å². The van der Waals surface area contributed by atoms with Crippen LogP contribution in [0.3, 0.4) is 0 Å². The van der Waals surface area contributed by atoms with Crippen LogP contribution in [0.25, 0.3) is 6.08 Å². The summed E-state index contributed by atoms with van der Waals surface area (Å²) >= 11 is 5.75. The molecular weight excluding hydrogens is 250 g/mol. The van der Waals surface area contributed by atoms with Gasteiger partial charge in [-0.15, -0.1) is 0 Å². The summed E-state index contributed by atoms with van der Waals surface area (Å²) < 4.78 is 5.32. The first kappa shape index (κ1) is 12.5. The van der Waals surface area contributed by atoms with Crippen LogP contribution in [-0.2, 0) is 4.79 Å². The van der Waals surface area contributed by atoms with Gasteiger partial charge in [0.1, 0.15) is 11.5 Å². The smallest absolute Gasteiger partial charge is 0.248 e. The molecule has 18 heavy (non-hydrogen) atoms. The molecular formula is C14H12ClNO2. The molecule has 1 aromatic heterocycles. The molecule has 3 nitrogen and oxygen atoms in total. The Bertz CT molecular complexity index is 570. The molecule has 0 aliphatic carbocycles. The average Bonchev–Trinajstić information content (AvgIpc) is 2.76. The number of benzene rings is 1. The molecule has 4 heteroatoms. The summed E-state index contributed by atoms with van der Waals surface area (Å²) in [6.45, 7) is 1.85. The molecule has 0 bridgehead atoms. The molecule has 2 rings (SSSR count). The average molecular weight is 262 g/mol. The van der Waals surface area contributed by atoms with E-state index in [1.54, 1.807) is 36.4 Å². The predicted molar refractivity (Wildman–Crippen MR) is 72.6 cm³/mol. The van der Waals surface area contributed by atoms with Gasteiger partial charge in [-0.1, -0.05) is 11.6 Å². The van der Waals surface area contributed by atoms with Crippen molar-refractivity contribution in [2.24, 2.45) is 0 Å². The number of anilines is 1. The van der Waals surface area contributed by atoms with E-state index < -0.39 is 0 Å². The number of amides is 1. The highest BCUT2D eigenvalue weighted by Crippen LogP contribution is 2.13. The van der Waals surface area contributed by atoms with Crippen LogP contribution in [0, 0.1) is 6.92 Å². The van der Waals surface area contributed by atoms with Crippen LogP contribution in [0.5, 0.6) is 0 Å². The molecule has 0 fully saturated rings. The third-order valence-electron chi connectivity index (χ3n) is 2.27. The van der Waals surface area contributed by atoms with Gasteiger partial charge in [0.2, 0.25) is 5.91 Å². The molecule has 1 heterocycles. The summed E-state index contributed by atoms with van der Waals surface area (Å²) in [6.07, 6.45) is 3.05. The van der Waals surface area contributed by atoms with Crippen LogP contribution in [0.2, 0.25) is 5.02 Å². The van der Waals surface area contributed by atoms with Gasteiger partial charge < -0.3 is 9.73 Å². The Balaban J connectivity index is 1.96. The first-order valence-electron chi connectivity index (χ1n) is 5.44. The lowest BCUT2D eigenvalue weighted by atomic mass is 10.3. The molecule has 2 aromatic rings. The van der Waals surface area contributed by atoms with E-state index in [1.165, 1.54) is 6.08 Å². The lowest BCUT2D eigenvalue weighted by Crippen LogP contribution is -2.07. The van der Waals surface area contributed by atoms with E-state index in [0.717, 1.165) is 5.76 Å². The summed E-state index contributed by atoms with van der Waals surface area (Å²) in [5.74, 6) is 1.25. The van der Waals surface area contributed by atoms with Crippen LogP contribution < -0.4 is 5.32 Å².